The fraction of sp³-hybridized carbons (Fsp3) is 0.286. The molecule has 7 heteroatoms. The molecule has 3 aromatic rings. The zero-order chi connectivity index (χ0) is 19.5. The molecule has 1 fully saturated rings. The highest BCUT2D eigenvalue weighted by Crippen LogP contribution is 2.32. The summed E-state index contributed by atoms with van der Waals surface area (Å²) in [6.07, 6.45) is 0.355. The number of carbonyl (C=O) groups is 1. The summed E-state index contributed by atoms with van der Waals surface area (Å²) in [6, 6.07) is 14.9. The first-order valence-corrected chi connectivity index (χ1v) is 9.19. The first-order chi connectivity index (χ1) is 13.7. The predicted molar refractivity (Wildman–Crippen MR) is 104 cm³/mol. The minimum absolute atomic E-state index is 0.0441. The summed E-state index contributed by atoms with van der Waals surface area (Å²) in [6.45, 7) is 3.08. The minimum atomic E-state index is -0.102. The maximum atomic E-state index is 12.5. The molecular weight excluding hydrogens is 358 g/mol. The standard InChI is InChI=1S/C21H21N3O4/c1-3-27-18-8-4-14(5-9-18)21-22-20(23-28-21)15-12-19(25)24(13-15)16-6-10-17(26-2)11-7-16/h4-11,15H,3,12-13H2,1-2H3/t15-/m0/s1. The molecule has 0 spiro atoms. The van der Waals surface area contributed by atoms with Crippen molar-refractivity contribution in [1.29, 1.82) is 0 Å². The van der Waals surface area contributed by atoms with Gasteiger partial charge >= 0.3 is 0 Å². The third-order valence-electron chi connectivity index (χ3n) is 4.73. The quantitative estimate of drug-likeness (QED) is 0.650. The molecule has 0 saturated carbocycles. The lowest BCUT2D eigenvalue weighted by Gasteiger charge is -2.16. The van der Waals surface area contributed by atoms with Crippen molar-refractivity contribution in [3.8, 4) is 23.0 Å². The molecule has 1 amide bonds. The molecule has 28 heavy (non-hydrogen) atoms. The van der Waals surface area contributed by atoms with Gasteiger partial charge in [0.25, 0.3) is 5.89 Å². The lowest BCUT2D eigenvalue weighted by Crippen LogP contribution is -2.24. The van der Waals surface area contributed by atoms with Crippen molar-refractivity contribution in [2.45, 2.75) is 19.3 Å². The summed E-state index contributed by atoms with van der Waals surface area (Å²) >= 11 is 0. The van der Waals surface area contributed by atoms with Crippen molar-refractivity contribution < 1.29 is 18.8 Å². The van der Waals surface area contributed by atoms with E-state index in [-0.39, 0.29) is 11.8 Å². The second kappa shape index (κ2) is 7.72. The molecule has 144 valence electrons. The van der Waals surface area contributed by atoms with Crippen LogP contribution in [-0.4, -0.2) is 36.3 Å². The van der Waals surface area contributed by atoms with Crippen LogP contribution in [0.15, 0.2) is 53.1 Å². The molecule has 1 atom stereocenters. The van der Waals surface area contributed by atoms with Crippen LogP contribution < -0.4 is 14.4 Å². The van der Waals surface area contributed by atoms with E-state index in [4.69, 9.17) is 14.0 Å². The van der Waals surface area contributed by atoms with Crippen LogP contribution in [0.25, 0.3) is 11.5 Å². The van der Waals surface area contributed by atoms with Crippen molar-refractivity contribution >= 4 is 11.6 Å². The third kappa shape index (κ3) is 3.55. The minimum Gasteiger partial charge on any atom is -0.497 e. The van der Waals surface area contributed by atoms with Crippen molar-refractivity contribution in [2.75, 3.05) is 25.2 Å². The molecule has 1 saturated heterocycles. The van der Waals surface area contributed by atoms with Gasteiger partial charge in [0.05, 0.1) is 13.7 Å². The van der Waals surface area contributed by atoms with Gasteiger partial charge in [-0.1, -0.05) is 5.16 Å². The van der Waals surface area contributed by atoms with Crippen LogP contribution in [0.5, 0.6) is 11.5 Å². The van der Waals surface area contributed by atoms with Crippen LogP contribution in [-0.2, 0) is 4.79 Å². The monoisotopic (exact) mass is 379 g/mol. The van der Waals surface area contributed by atoms with Gasteiger partial charge in [-0.05, 0) is 55.5 Å². The third-order valence-corrected chi connectivity index (χ3v) is 4.73. The number of carbonyl (C=O) groups excluding carboxylic acids is 1. The van der Waals surface area contributed by atoms with E-state index in [2.05, 4.69) is 10.1 Å². The van der Waals surface area contributed by atoms with Gasteiger partial charge in [0.1, 0.15) is 11.5 Å². The van der Waals surface area contributed by atoms with Crippen molar-refractivity contribution in [3.05, 3.63) is 54.4 Å². The molecule has 0 N–H and O–H groups in total. The predicted octanol–water partition coefficient (Wildman–Crippen LogP) is 3.66. The Morgan fingerprint density at radius 3 is 2.50 bits per heavy atom. The fourth-order valence-corrected chi connectivity index (χ4v) is 3.27. The van der Waals surface area contributed by atoms with Gasteiger partial charge in [-0.3, -0.25) is 4.79 Å². The lowest BCUT2D eigenvalue weighted by molar-refractivity contribution is -0.117. The summed E-state index contributed by atoms with van der Waals surface area (Å²) < 4.78 is 16.0. The van der Waals surface area contributed by atoms with E-state index >= 15 is 0 Å². The zero-order valence-corrected chi connectivity index (χ0v) is 15.8. The van der Waals surface area contributed by atoms with Crippen LogP contribution in [0, 0.1) is 0 Å². The second-order valence-electron chi connectivity index (χ2n) is 6.52. The molecule has 0 bridgehead atoms. The van der Waals surface area contributed by atoms with Crippen molar-refractivity contribution in [1.82, 2.24) is 10.1 Å². The number of amides is 1. The van der Waals surface area contributed by atoms with E-state index in [1.807, 2.05) is 55.5 Å². The number of anilines is 1. The average Bonchev–Trinajstić information content (AvgIpc) is 3.36. The number of hydrogen-bond acceptors (Lipinski definition) is 6. The number of methoxy groups -OCH3 is 1. The lowest BCUT2D eigenvalue weighted by atomic mass is 10.1. The summed E-state index contributed by atoms with van der Waals surface area (Å²) in [5.74, 6) is 2.48. The largest absolute Gasteiger partial charge is 0.497 e. The van der Waals surface area contributed by atoms with Gasteiger partial charge in [-0.25, -0.2) is 0 Å². The number of benzene rings is 2. The van der Waals surface area contributed by atoms with Gasteiger partial charge in [0.2, 0.25) is 5.91 Å². The van der Waals surface area contributed by atoms with E-state index < -0.39 is 0 Å². The Morgan fingerprint density at radius 1 is 1.11 bits per heavy atom. The summed E-state index contributed by atoms with van der Waals surface area (Å²) in [5.41, 5.74) is 1.65. The van der Waals surface area contributed by atoms with Crippen LogP contribution in [0.1, 0.15) is 25.1 Å². The molecule has 7 nitrogen and oxygen atoms in total. The molecule has 0 aliphatic carbocycles. The van der Waals surface area contributed by atoms with Gasteiger partial charge in [-0.15, -0.1) is 0 Å². The number of aromatic nitrogens is 2. The molecule has 1 aliphatic rings. The highest BCUT2D eigenvalue weighted by Gasteiger charge is 2.34. The topological polar surface area (TPSA) is 77.7 Å². The van der Waals surface area contributed by atoms with Crippen molar-refractivity contribution in [2.24, 2.45) is 0 Å². The smallest absolute Gasteiger partial charge is 0.257 e. The number of nitrogens with zero attached hydrogens (tertiary/aromatic N) is 3. The first kappa shape index (κ1) is 18.0. The van der Waals surface area contributed by atoms with Gasteiger partial charge < -0.3 is 18.9 Å². The number of ether oxygens (including phenoxy) is 2. The molecular formula is C21H21N3O4. The second-order valence-corrected chi connectivity index (χ2v) is 6.52. The Morgan fingerprint density at radius 2 is 1.82 bits per heavy atom. The molecule has 1 aromatic heterocycles. The van der Waals surface area contributed by atoms with Crippen LogP contribution in [0.3, 0.4) is 0 Å². The van der Waals surface area contributed by atoms with Gasteiger partial charge in [-0.2, -0.15) is 4.98 Å². The Bertz CT molecular complexity index is 951. The first-order valence-electron chi connectivity index (χ1n) is 9.19. The zero-order valence-electron chi connectivity index (χ0n) is 15.8. The van der Waals surface area contributed by atoms with Gasteiger partial charge in [0, 0.05) is 30.1 Å². The molecule has 0 radical (unpaired) electrons. The van der Waals surface area contributed by atoms with E-state index in [0.717, 1.165) is 22.7 Å². The van der Waals surface area contributed by atoms with Crippen molar-refractivity contribution in [3.63, 3.8) is 0 Å². The summed E-state index contributed by atoms with van der Waals surface area (Å²) in [5, 5.41) is 4.11. The normalized spacial score (nSPS) is 16.4. The Labute approximate surface area is 162 Å². The SMILES string of the molecule is CCOc1ccc(-c2nc([C@H]3CC(=O)N(c4ccc(OC)cc4)C3)no2)cc1. The molecule has 2 aromatic carbocycles. The average molecular weight is 379 g/mol. The fourth-order valence-electron chi connectivity index (χ4n) is 3.27. The van der Waals surface area contributed by atoms with Crippen LogP contribution in [0.2, 0.25) is 0 Å². The maximum Gasteiger partial charge on any atom is 0.257 e. The summed E-state index contributed by atoms with van der Waals surface area (Å²) in [4.78, 5) is 18.7. The Kier molecular flexibility index (Phi) is 4.97. The van der Waals surface area contributed by atoms with E-state index in [0.29, 0.717) is 31.3 Å². The molecule has 1 aliphatic heterocycles. The van der Waals surface area contributed by atoms with Crippen LogP contribution >= 0.6 is 0 Å². The Hall–Kier alpha value is -3.35. The van der Waals surface area contributed by atoms with Crippen LogP contribution in [0.4, 0.5) is 5.69 Å². The molecule has 4 rings (SSSR count). The van der Waals surface area contributed by atoms with Gasteiger partial charge in [0.15, 0.2) is 5.82 Å². The van der Waals surface area contributed by atoms with E-state index in [1.165, 1.54) is 0 Å². The molecule has 0 unspecified atom stereocenters. The number of rotatable bonds is 6. The molecule has 2 heterocycles. The number of hydrogen-bond donors (Lipinski definition) is 0. The van der Waals surface area contributed by atoms with E-state index in [9.17, 15) is 4.79 Å². The highest BCUT2D eigenvalue weighted by molar-refractivity contribution is 5.96. The van der Waals surface area contributed by atoms with E-state index in [1.54, 1.807) is 12.0 Å². The summed E-state index contributed by atoms with van der Waals surface area (Å²) in [7, 11) is 1.62. The maximum absolute atomic E-state index is 12.5. The Balaban J connectivity index is 1.48. The highest BCUT2D eigenvalue weighted by atomic mass is 16.5.